The number of carboxylic acid groups (broad SMARTS) is 2. The molecule has 21 heavy (non-hydrogen) atoms. The Bertz CT molecular complexity index is 441. The van der Waals surface area contributed by atoms with Gasteiger partial charge in [0.1, 0.15) is 0 Å². The first-order valence-electron chi connectivity index (χ1n) is 6.74. The van der Waals surface area contributed by atoms with Crippen molar-refractivity contribution in [2.75, 3.05) is 33.0 Å². The van der Waals surface area contributed by atoms with Crippen LogP contribution in [0.4, 0.5) is 0 Å². The summed E-state index contributed by atoms with van der Waals surface area (Å²) in [5.41, 5.74) is 4.42. The molecule has 0 aromatic heterocycles. The summed E-state index contributed by atoms with van der Waals surface area (Å²) in [7, 11) is 0. The highest BCUT2D eigenvalue weighted by Gasteiger charge is 2.34. The van der Waals surface area contributed by atoms with Gasteiger partial charge in [0.2, 0.25) is 0 Å². The van der Waals surface area contributed by atoms with Crippen LogP contribution in [0, 0.1) is 5.41 Å². The number of carbonyl (C=O) groups is 2. The van der Waals surface area contributed by atoms with E-state index in [2.05, 4.69) is 4.90 Å². The zero-order valence-corrected chi connectivity index (χ0v) is 12.1. The first-order valence-corrected chi connectivity index (χ1v) is 6.74. The molecule has 0 aromatic rings. The lowest BCUT2D eigenvalue weighted by Gasteiger charge is -2.24. The molecule has 0 unspecified atom stereocenters. The number of hydrogen-bond acceptors (Lipinski definition) is 5. The van der Waals surface area contributed by atoms with E-state index in [0.29, 0.717) is 6.67 Å². The van der Waals surface area contributed by atoms with Crippen LogP contribution in [0.25, 0.3) is 0 Å². The Morgan fingerprint density at radius 2 is 2.00 bits per heavy atom. The molecule has 1 saturated heterocycles. The minimum atomic E-state index is -1.08. The molecule has 1 atom stereocenters. The van der Waals surface area contributed by atoms with E-state index in [4.69, 9.17) is 20.7 Å². The molecular formula is C14H22N2O5. The summed E-state index contributed by atoms with van der Waals surface area (Å²) in [5.74, 6) is -2.06. The third-order valence-corrected chi connectivity index (χ3v) is 3.44. The van der Waals surface area contributed by atoms with Crippen LogP contribution in [-0.4, -0.2) is 60.0 Å². The first-order chi connectivity index (χ1) is 9.89. The quantitative estimate of drug-likeness (QED) is 0.686. The summed E-state index contributed by atoms with van der Waals surface area (Å²) >= 11 is 0. The van der Waals surface area contributed by atoms with E-state index >= 15 is 0 Å². The second-order valence-corrected chi connectivity index (χ2v) is 5.17. The molecule has 0 aromatic carbocycles. The molecule has 2 rings (SSSR count). The standard InChI is InChI=1S/C9H10O4.C5H12N2O/c1-9(8(12)13)4-2-3-6(5-9)7(10)11;6-5-7-1-3-8-4-2-7/h2-4H,5H2,1H3,(H,10,11)(H,12,13);1-6H2/t9-;/m1./s1. The molecule has 1 heterocycles. The lowest BCUT2D eigenvalue weighted by atomic mass is 9.80. The van der Waals surface area contributed by atoms with Gasteiger partial charge in [-0.05, 0) is 13.3 Å². The summed E-state index contributed by atoms with van der Waals surface area (Å²) in [6.07, 6.45) is 4.43. The maximum Gasteiger partial charge on any atom is 0.331 e. The molecular weight excluding hydrogens is 276 g/mol. The SMILES string of the molecule is C[C@@]1(C(=O)O)C=CC=C(C(=O)O)C1.NCN1CCOCC1. The largest absolute Gasteiger partial charge is 0.481 e. The second-order valence-electron chi connectivity index (χ2n) is 5.17. The van der Waals surface area contributed by atoms with Gasteiger partial charge in [0.15, 0.2) is 0 Å². The number of carboxylic acids is 2. The van der Waals surface area contributed by atoms with Crippen molar-refractivity contribution in [3.63, 3.8) is 0 Å². The van der Waals surface area contributed by atoms with E-state index in [-0.39, 0.29) is 12.0 Å². The van der Waals surface area contributed by atoms with Crippen molar-refractivity contribution in [2.24, 2.45) is 11.1 Å². The lowest BCUT2D eigenvalue weighted by Crippen LogP contribution is -2.39. The molecule has 0 radical (unpaired) electrons. The Morgan fingerprint density at radius 1 is 1.38 bits per heavy atom. The Hall–Kier alpha value is -1.70. The van der Waals surface area contributed by atoms with Crippen molar-refractivity contribution in [1.29, 1.82) is 0 Å². The Morgan fingerprint density at radius 3 is 2.43 bits per heavy atom. The number of aliphatic carboxylic acids is 2. The Kier molecular flexibility index (Phi) is 6.54. The van der Waals surface area contributed by atoms with E-state index in [1.165, 1.54) is 25.2 Å². The number of nitrogens with two attached hydrogens (primary N) is 1. The minimum absolute atomic E-state index is 0.0359. The maximum absolute atomic E-state index is 10.8. The molecule has 0 bridgehead atoms. The maximum atomic E-state index is 10.8. The summed E-state index contributed by atoms with van der Waals surface area (Å²) in [4.78, 5) is 23.5. The van der Waals surface area contributed by atoms with Gasteiger partial charge in [-0.15, -0.1) is 0 Å². The summed E-state index contributed by atoms with van der Waals surface area (Å²) in [6.45, 7) is 5.85. The molecule has 7 heteroatoms. The number of ether oxygens (including phenoxy) is 1. The molecule has 1 fully saturated rings. The Balaban J connectivity index is 0.000000235. The van der Waals surface area contributed by atoms with Crippen LogP contribution in [0.1, 0.15) is 13.3 Å². The molecule has 1 aliphatic carbocycles. The van der Waals surface area contributed by atoms with Crippen LogP contribution in [0.5, 0.6) is 0 Å². The Labute approximate surface area is 123 Å². The number of rotatable bonds is 3. The topological polar surface area (TPSA) is 113 Å². The van der Waals surface area contributed by atoms with Gasteiger partial charge in [-0.2, -0.15) is 0 Å². The average molecular weight is 298 g/mol. The van der Waals surface area contributed by atoms with E-state index in [9.17, 15) is 9.59 Å². The van der Waals surface area contributed by atoms with Crippen LogP contribution in [0.15, 0.2) is 23.8 Å². The fourth-order valence-electron chi connectivity index (χ4n) is 1.97. The van der Waals surface area contributed by atoms with E-state index in [1.807, 2.05) is 0 Å². The van der Waals surface area contributed by atoms with Crippen LogP contribution >= 0.6 is 0 Å². The molecule has 1 aliphatic heterocycles. The predicted octanol–water partition coefficient (Wildman–Crippen LogP) is 0.283. The first kappa shape index (κ1) is 17.4. The van der Waals surface area contributed by atoms with Crippen molar-refractivity contribution in [2.45, 2.75) is 13.3 Å². The van der Waals surface area contributed by atoms with Crippen molar-refractivity contribution in [1.82, 2.24) is 4.90 Å². The summed E-state index contributed by atoms with van der Waals surface area (Å²) < 4.78 is 5.10. The van der Waals surface area contributed by atoms with Crippen LogP contribution < -0.4 is 5.73 Å². The molecule has 7 nitrogen and oxygen atoms in total. The van der Waals surface area contributed by atoms with Gasteiger partial charge in [-0.25, -0.2) is 4.79 Å². The van der Waals surface area contributed by atoms with Crippen molar-refractivity contribution in [3.05, 3.63) is 23.8 Å². The van der Waals surface area contributed by atoms with E-state index in [1.54, 1.807) is 0 Å². The van der Waals surface area contributed by atoms with Crippen LogP contribution in [-0.2, 0) is 14.3 Å². The van der Waals surface area contributed by atoms with Gasteiger partial charge in [0.05, 0.1) is 18.6 Å². The van der Waals surface area contributed by atoms with Gasteiger partial charge < -0.3 is 20.7 Å². The van der Waals surface area contributed by atoms with Crippen molar-refractivity contribution in [3.8, 4) is 0 Å². The minimum Gasteiger partial charge on any atom is -0.481 e. The van der Waals surface area contributed by atoms with Gasteiger partial charge in [0, 0.05) is 25.3 Å². The van der Waals surface area contributed by atoms with Gasteiger partial charge in [0.25, 0.3) is 0 Å². The van der Waals surface area contributed by atoms with E-state index < -0.39 is 17.4 Å². The highest BCUT2D eigenvalue weighted by molar-refractivity contribution is 5.90. The van der Waals surface area contributed by atoms with E-state index in [0.717, 1.165) is 26.3 Å². The number of nitrogens with zero attached hydrogens (tertiary/aromatic N) is 1. The van der Waals surface area contributed by atoms with Gasteiger partial charge in [-0.3, -0.25) is 9.69 Å². The zero-order valence-electron chi connectivity index (χ0n) is 12.1. The third kappa shape index (κ3) is 5.30. The molecule has 118 valence electrons. The van der Waals surface area contributed by atoms with Crippen LogP contribution in [0.3, 0.4) is 0 Å². The molecule has 2 aliphatic rings. The average Bonchev–Trinajstić information content (AvgIpc) is 2.48. The highest BCUT2D eigenvalue weighted by atomic mass is 16.5. The smallest absolute Gasteiger partial charge is 0.331 e. The fourth-order valence-corrected chi connectivity index (χ4v) is 1.97. The predicted molar refractivity (Wildman–Crippen MR) is 76.7 cm³/mol. The molecule has 0 spiro atoms. The lowest BCUT2D eigenvalue weighted by molar-refractivity contribution is -0.145. The number of allylic oxidation sites excluding steroid dienone is 2. The third-order valence-electron chi connectivity index (χ3n) is 3.44. The van der Waals surface area contributed by atoms with Crippen molar-refractivity contribution >= 4 is 11.9 Å². The molecule has 0 saturated carbocycles. The highest BCUT2D eigenvalue weighted by Crippen LogP contribution is 2.31. The fraction of sp³-hybridized carbons (Fsp3) is 0.571. The zero-order chi connectivity index (χ0) is 15.9. The monoisotopic (exact) mass is 298 g/mol. The van der Waals surface area contributed by atoms with Crippen molar-refractivity contribution < 1.29 is 24.5 Å². The number of morpholine rings is 1. The normalized spacial score (nSPS) is 25.5. The summed E-state index contributed by atoms with van der Waals surface area (Å²) in [5, 5.41) is 17.5. The molecule has 0 amide bonds. The molecule has 4 N–H and O–H groups in total. The van der Waals surface area contributed by atoms with Gasteiger partial charge in [-0.1, -0.05) is 18.2 Å². The van der Waals surface area contributed by atoms with Gasteiger partial charge >= 0.3 is 11.9 Å². The van der Waals surface area contributed by atoms with Crippen LogP contribution in [0.2, 0.25) is 0 Å². The number of hydrogen-bond donors (Lipinski definition) is 3. The second kappa shape index (κ2) is 7.92. The summed E-state index contributed by atoms with van der Waals surface area (Å²) in [6, 6.07) is 0.